The van der Waals surface area contributed by atoms with Crippen molar-refractivity contribution in [3.05, 3.63) is 42.6 Å². The molecule has 2 rings (SSSR count). The van der Waals surface area contributed by atoms with E-state index in [-0.39, 0.29) is 24.4 Å². The summed E-state index contributed by atoms with van der Waals surface area (Å²) in [6.07, 6.45) is 8.82. The molecule has 0 radical (unpaired) electrons. The van der Waals surface area contributed by atoms with Crippen LogP contribution in [0.4, 0.5) is 0 Å². The van der Waals surface area contributed by atoms with Gasteiger partial charge < -0.3 is 26.1 Å². The number of amides is 2. The molecule has 0 fully saturated rings. The number of fused-ring (bicyclic) bond motifs is 1. The fraction of sp³-hybridized carbons (Fsp3) is 0.400. The van der Waals surface area contributed by atoms with E-state index in [1.54, 1.807) is 18.6 Å². The van der Waals surface area contributed by atoms with Gasteiger partial charge in [0.05, 0.1) is 12.6 Å². The second-order valence-electron chi connectivity index (χ2n) is 6.92. The van der Waals surface area contributed by atoms with Crippen LogP contribution in [0.5, 0.6) is 0 Å². The van der Waals surface area contributed by atoms with E-state index < -0.39 is 0 Å². The van der Waals surface area contributed by atoms with Gasteiger partial charge in [0.2, 0.25) is 6.41 Å². The average Bonchev–Trinajstić information content (AvgIpc) is 3.19. The zero-order valence-corrected chi connectivity index (χ0v) is 17.0. The smallest absolute Gasteiger partial charge is 0.256 e. The number of nitrogens with two attached hydrogens (primary N) is 1. The Labute approximate surface area is 175 Å². The van der Waals surface area contributed by atoms with Crippen LogP contribution < -0.4 is 21.8 Å². The molecular weight excluding hydrogens is 386 g/mol. The van der Waals surface area contributed by atoms with Gasteiger partial charge in [0, 0.05) is 60.9 Å². The fourth-order valence-corrected chi connectivity index (χ4v) is 3.10. The van der Waals surface area contributed by atoms with Crippen LogP contribution in [0.15, 0.2) is 36.9 Å². The normalized spacial score (nSPS) is 13.1. The highest BCUT2D eigenvalue weighted by Crippen LogP contribution is 2.19. The van der Waals surface area contributed by atoms with Gasteiger partial charge in [-0.25, -0.2) is 5.43 Å². The number of nitrogens with one attached hydrogen (secondary N) is 4. The van der Waals surface area contributed by atoms with Crippen LogP contribution in [0.3, 0.4) is 0 Å². The Hall–Kier alpha value is -3.40. The van der Waals surface area contributed by atoms with E-state index in [1.807, 2.05) is 19.1 Å². The maximum Gasteiger partial charge on any atom is 0.256 e. The minimum absolute atomic E-state index is 0.00167. The van der Waals surface area contributed by atoms with E-state index in [4.69, 9.17) is 5.73 Å². The second kappa shape index (κ2) is 12.2. The number of carbonyl (C=O) groups excluding carboxylic acids is 3. The molecule has 0 aromatic carbocycles. The minimum atomic E-state index is -0.280. The first kappa shape index (κ1) is 22.9. The van der Waals surface area contributed by atoms with Gasteiger partial charge in [-0.1, -0.05) is 0 Å². The summed E-state index contributed by atoms with van der Waals surface area (Å²) in [7, 11) is 0. The third-order valence-corrected chi connectivity index (χ3v) is 4.65. The SMILES string of the molecule is C[C@@H](NN(CC(CCC=O)CN/C=C\N)C(=O)CNC=O)c1cc2cnccc2[nH]1. The summed E-state index contributed by atoms with van der Waals surface area (Å²) in [6.45, 7) is 2.70. The highest BCUT2D eigenvalue weighted by Gasteiger charge is 2.21. The maximum absolute atomic E-state index is 12.7. The van der Waals surface area contributed by atoms with E-state index in [9.17, 15) is 14.4 Å². The van der Waals surface area contributed by atoms with Crippen LogP contribution in [0.1, 0.15) is 31.5 Å². The lowest BCUT2D eigenvalue weighted by Crippen LogP contribution is -2.50. The number of hydrazine groups is 1. The quantitative estimate of drug-likeness (QED) is 0.221. The number of aromatic amines is 1. The molecule has 0 aliphatic carbocycles. The largest absolute Gasteiger partial charge is 0.403 e. The van der Waals surface area contributed by atoms with Crippen molar-refractivity contribution in [3.63, 3.8) is 0 Å². The summed E-state index contributed by atoms with van der Waals surface area (Å²) < 4.78 is 0. The number of carbonyl (C=O) groups is 3. The summed E-state index contributed by atoms with van der Waals surface area (Å²) in [4.78, 5) is 41.6. The third-order valence-electron chi connectivity index (χ3n) is 4.65. The van der Waals surface area contributed by atoms with E-state index >= 15 is 0 Å². The second-order valence-corrected chi connectivity index (χ2v) is 6.92. The van der Waals surface area contributed by atoms with Crippen LogP contribution in [-0.4, -0.2) is 53.2 Å². The summed E-state index contributed by atoms with van der Waals surface area (Å²) in [5.41, 5.74) is 10.4. The Morgan fingerprint density at radius 1 is 1.37 bits per heavy atom. The Bertz CT molecular complexity index is 819. The Morgan fingerprint density at radius 3 is 2.90 bits per heavy atom. The molecule has 10 heteroatoms. The predicted molar refractivity (Wildman–Crippen MR) is 114 cm³/mol. The van der Waals surface area contributed by atoms with Crippen molar-refractivity contribution >= 4 is 29.5 Å². The van der Waals surface area contributed by atoms with Gasteiger partial charge in [-0.3, -0.25) is 19.6 Å². The summed E-state index contributed by atoms with van der Waals surface area (Å²) >= 11 is 0. The molecule has 0 bridgehead atoms. The Kier molecular flexibility index (Phi) is 9.32. The number of rotatable bonds is 14. The van der Waals surface area contributed by atoms with Crippen molar-refractivity contribution in [2.24, 2.45) is 11.7 Å². The van der Waals surface area contributed by atoms with Crippen LogP contribution in [0, 0.1) is 5.92 Å². The molecule has 2 amide bonds. The molecule has 2 heterocycles. The number of aldehydes is 1. The molecule has 30 heavy (non-hydrogen) atoms. The first-order chi connectivity index (χ1) is 14.6. The molecule has 1 unspecified atom stereocenters. The van der Waals surface area contributed by atoms with Crippen molar-refractivity contribution in [1.82, 2.24) is 31.0 Å². The number of pyridine rings is 1. The number of nitrogens with zero attached hydrogens (tertiary/aromatic N) is 2. The summed E-state index contributed by atoms with van der Waals surface area (Å²) in [5, 5.41) is 7.94. The number of H-pyrrole nitrogens is 1. The van der Waals surface area contributed by atoms with Crippen LogP contribution in [0.25, 0.3) is 10.9 Å². The van der Waals surface area contributed by atoms with E-state index in [1.165, 1.54) is 11.2 Å². The minimum Gasteiger partial charge on any atom is -0.403 e. The number of hydrogen-bond acceptors (Lipinski definition) is 7. The molecule has 0 spiro atoms. The van der Waals surface area contributed by atoms with Gasteiger partial charge in [0.25, 0.3) is 5.91 Å². The molecule has 2 aromatic heterocycles. The first-order valence-corrected chi connectivity index (χ1v) is 9.79. The molecule has 2 aromatic rings. The summed E-state index contributed by atoms with van der Waals surface area (Å²) in [6, 6.07) is 3.65. The van der Waals surface area contributed by atoms with E-state index in [2.05, 4.69) is 26.0 Å². The van der Waals surface area contributed by atoms with Crippen molar-refractivity contribution < 1.29 is 14.4 Å². The fourth-order valence-electron chi connectivity index (χ4n) is 3.10. The van der Waals surface area contributed by atoms with Crippen LogP contribution in [-0.2, 0) is 14.4 Å². The summed E-state index contributed by atoms with van der Waals surface area (Å²) in [5.74, 6) is -0.282. The van der Waals surface area contributed by atoms with Gasteiger partial charge >= 0.3 is 0 Å². The highest BCUT2D eigenvalue weighted by molar-refractivity contribution is 5.80. The van der Waals surface area contributed by atoms with Gasteiger partial charge in [-0.15, -0.1) is 0 Å². The highest BCUT2D eigenvalue weighted by atomic mass is 16.2. The Morgan fingerprint density at radius 2 is 2.20 bits per heavy atom. The molecule has 0 aliphatic heterocycles. The van der Waals surface area contributed by atoms with E-state index in [0.717, 1.165) is 22.9 Å². The van der Waals surface area contributed by atoms with E-state index in [0.29, 0.717) is 32.3 Å². The molecule has 2 atom stereocenters. The lowest BCUT2D eigenvalue weighted by Gasteiger charge is -2.30. The topological polar surface area (TPSA) is 145 Å². The molecule has 0 saturated carbocycles. The molecule has 6 N–H and O–H groups in total. The van der Waals surface area contributed by atoms with Crippen molar-refractivity contribution in [2.45, 2.75) is 25.8 Å². The Balaban J connectivity index is 2.13. The average molecular weight is 415 g/mol. The maximum atomic E-state index is 12.7. The van der Waals surface area contributed by atoms with Gasteiger partial charge in [0.1, 0.15) is 6.29 Å². The van der Waals surface area contributed by atoms with Crippen LogP contribution >= 0.6 is 0 Å². The molecule has 10 nitrogen and oxygen atoms in total. The first-order valence-electron chi connectivity index (χ1n) is 9.79. The lowest BCUT2D eigenvalue weighted by atomic mass is 10.0. The molecule has 0 aliphatic rings. The van der Waals surface area contributed by atoms with Gasteiger partial charge in [-0.2, -0.15) is 0 Å². The van der Waals surface area contributed by atoms with Gasteiger partial charge in [0.15, 0.2) is 0 Å². The lowest BCUT2D eigenvalue weighted by molar-refractivity contribution is -0.135. The standard InChI is InChI=1S/C20H29N7O3/c1-15(19-9-17-11-22-6-4-18(17)25-19)26-27(20(30)12-24-14-29)13-16(3-2-8-28)10-23-7-5-21/h4-9,11,14-16,23,25-26H,2-3,10,12-13,21H2,1H3,(H,24,29)/b7-5-/t15-,16?/m1/s1. The third kappa shape index (κ3) is 6.89. The van der Waals surface area contributed by atoms with Crippen molar-refractivity contribution in [2.75, 3.05) is 19.6 Å². The predicted octanol–water partition coefficient (Wildman–Crippen LogP) is 0.318. The van der Waals surface area contributed by atoms with Crippen molar-refractivity contribution in [3.8, 4) is 0 Å². The van der Waals surface area contributed by atoms with Crippen molar-refractivity contribution in [1.29, 1.82) is 0 Å². The zero-order valence-electron chi connectivity index (χ0n) is 17.0. The molecule has 162 valence electrons. The number of aromatic nitrogens is 2. The van der Waals surface area contributed by atoms with Crippen LogP contribution in [0.2, 0.25) is 0 Å². The number of hydrogen-bond donors (Lipinski definition) is 5. The molecule has 0 saturated heterocycles. The monoisotopic (exact) mass is 415 g/mol. The molecular formula is C20H29N7O3. The van der Waals surface area contributed by atoms with Gasteiger partial charge in [-0.05, 0) is 31.4 Å². The zero-order chi connectivity index (χ0) is 21.8.